The van der Waals surface area contributed by atoms with Crippen LogP contribution in [0.4, 0.5) is 0 Å². The van der Waals surface area contributed by atoms with Crippen LogP contribution in [0.1, 0.15) is 110 Å². The maximum atomic E-state index is 14.5. The van der Waals surface area contributed by atoms with Gasteiger partial charge in [-0.3, -0.25) is 14.5 Å². The molecule has 246 valence electrons. The molecule has 3 heterocycles. The number of nitrogens with zero attached hydrogens (tertiary/aromatic N) is 5. The third kappa shape index (κ3) is 7.14. The van der Waals surface area contributed by atoms with E-state index >= 15 is 0 Å². The topological polar surface area (TPSA) is 100 Å². The first kappa shape index (κ1) is 32.2. The van der Waals surface area contributed by atoms with Crippen molar-refractivity contribution < 1.29 is 14.7 Å². The summed E-state index contributed by atoms with van der Waals surface area (Å²) in [5, 5.41) is 13.9. The second kappa shape index (κ2) is 14.3. The van der Waals surface area contributed by atoms with E-state index in [4.69, 9.17) is 9.82 Å². The molecule has 4 bridgehead atoms. The fourth-order valence-electron chi connectivity index (χ4n) is 9.56. The van der Waals surface area contributed by atoms with Crippen molar-refractivity contribution in [1.82, 2.24) is 19.4 Å². The quantitative estimate of drug-likeness (QED) is 0.174. The highest BCUT2D eigenvalue weighted by molar-refractivity contribution is 6.00. The normalized spacial score (nSPS) is 30.5. The fourth-order valence-corrected chi connectivity index (χ4v) is 9.56. The Bertz CT molecular complexity index is 1390. The van der Waals surface area contributed by atoms with E-state index in [2.05, 4.69) is 35.7 Å². The first-order valence-electron chi connectivity index (χ1n) is 17.8. The minimum atomic E-state index is -0.937. The van der Waals surface area contributed by atoms with Gasteiger partial charge >= 0.3 is 5.97 Å². The van der Waals surface area contributed by atoms with Crippen molar-refractivity contribution in [3.8, 4) is 0 Å². The molecule has 4 aliphatic rings. The molecule has 0 amide bonds. The summed E-state index contributed by atoms with van der Waals surface area (Å²) in [5.41, 5.74) is 1.95. The van der Waals surface area contributed by atoms with Crippen molar-refractivity contribution in [1.29, 1.82) is 0 Å². The zero-order valence-corrected chi connectivity index (χ0v) is 27.6. The van der Waals surface area contributed by atoms with Gasteiger partial charge in [-0.15, -0.1) is 0 Å². The summed E-state index contributed by atoms with van der Waals surface area (Å²) in [6.45, 7) is 9.55. The third-order valence-electron chi connectivity index (χ3n) is 11.4. The highest BCUT2D eigenvalue weighted by atomic mass is 16.6. The van der Waals surface area contributed by atoms with Gasteiger partial charge in [0.05, 0.1) is 17.5 Å². The number of aromatic nitrogens is 2. The molecule has 4 fully saturated rings. The van der Waals surface area contributed by atoms with E-state index in [-0.39, 0.29) is 30.1 Å². The summed E-state index contributed by atoms with van der Waals surface area (Å²) in [7, 11) is 0. The largest absolute Gasteiger partial charge is 0.481 e. The molecule has 2 aliphatic heterocycles. The fraction of sp³-hybridized carbons (Fsp3) is 0.722. The summed E-state index contributed by atoms with van der Waals surface area (Å²) >= 11 is 0. The van der Waals surface area contributed by atoms with E-state index < -0.39 is 5.97 Å². The lowest BCUT2D eigenvalue weighted by molar-refractivity contribution is -0.136. The van der Waals surface area contributed by atoms with E-state index in [1.165, 1.54) is 51.4 Å². The van der Waals surface area contributed by atoms with Gasteiger partial charge in [-0.05, 0) is 101 Å². The van der Waals surface area contributed by atoms with Crippen LogP contribution < -0.4 is 5.56 Å². The van der Waals surface area contributed by atoms with Gasteiger partial charge < -0.3 is 19.4 Å². The molecule has 7 atom stereocenters. The highest BCUT2D eigenvalue weighted by Crippen LogP contribution is 2.48. The Labute approximate surface area is 268 Å². The molecule has 2 saturated carbocycles. The molecule has 0 spiro atoms. The Morgan fingerprint density at radius 3 is 2.31 bits per heavy atom. The van der Waals surface area contributed by atoms with E-state index in [1.807, 2.05) is 28.8 Å². The van der Waals surface area contributed by atoms with Crippen LogP contribution in [-0.4, -0.2) is 80.5 Å². The standard InChI is InChI=1S/C36H53N5O4/c1-4-39(5-2)15-16-45-38-32(13-14-34(42)43)35-36(44)41(33-12-7-6-11-31(33)37-35)30-22-27-9-8-10-28(23-30)40(27)29-20-25-17-24(3)18-26(19-25)21-29/h6-7,11-12,24-30H,4-5,8-10,13-23H2,1-3H3,(H,42,43)/b38-32+/t24?,25-,26+,27-,28+,29?,30?. The van der Waals surface area contributed by atoms with Crippen LogP contribution >= 0.6 is 0 Å². The van der Waals surface area contributed by atoms with Crippen LogP contribution in [-0.2, 0) is 9.63 Å². The van der Waals surface area contributed by atoms with Crippen molar-refractivity contribution in [3.05, 3.63) is 40.3 Å². The van der Waals surface area contributed by atoms with Gasteiger partial charge in [-0.1, -0.05) is 44.5 Å². The second-order valence-electron chi connectivity index (χ2n) is 14.4. The SMILES string of the molecule is CCN(CC)CCO/N=C(\CCC(=O)O)c1nc2ccccc2n(C2C[C@H]3CCC[C@@H](C2)N3C2C[C@H]3CC(C)C[C@@H](C2)C3)c1=O. The molecule has 0 radical (unpaired) electrons. The number of carboxylic acids is 1. The summed E-state index contributed by atoms with van der Waals surface area (Å²) in [5.74, 6) is 1.69. The number of carboxylic acid groups (broad SMARTS) is 1. The van der Waals surface area contributed by atoms with Gasteiger partial charge in [0.15, 0.2) is 5.69 Å². The molecule has 2 aliphatic carbocycles. The van der Waals surface area contributed by atoms with E-state index in [9.17, 15) is 14.7 Å². The van der Waals surface area contributed by atoms with Crippen molar-refractivity contribution >= 4 is 22.7 Å². The molecule has 2 saturated heterocycles. The molecule has 1 aromatic heterocycles. The first-order chi connectivity index (χ1) is 21.8. The van der Waals surface area contributed by atoms with E-state index in [0.717, 1.165) is 54.7 Å². The van der Waals surface area contributed by atoms with Gasteiger partial charge in [-0.2, -0.15) is 0 Å². The van der Waals surface area contributed by atoms with Gasteiger partial charge in [0.2, 0.25) is 0 Å². The number of para-hydroxylation sites is 2. The van der Waals surface area contributed by atoms with Crippen LogP contribution in [0.5, 0.6) is 0 Å². The summed E-state index contributed by atoms with van der Waals surface area (Å²) in [6.07, 6.45) is 12.5. The smallest absolute Gasteiger partial charge is 0.303 e. The molecule has 3 unspecified atom stereocenters. The lowest BCUT2D eigenvalue weighted by Crippen LogP contribution is -2.59. The predicted octanol–water partition coefficient (Wildman–Crippen LogP) is 6.10. The number of piperidine rings is 2. The van der Waals surface area contributed by atoms with Crippen molar-refractivity contribution in [2.75, 3.05) is 26.2 Å². The number of hydrogen-bond acceptors (Lipinski definition) is 7. The van der Waals surface area contributed by atoms with Crippen LogP contribution in [0.15, 0.2) is 34.2 Å². The van der Waals surface area contributed by atoms with E-state index in [0.29, 0.717) is 37.0 Å². The summed E-state index contributed by atoms with van der Waals surface area (Å²) in [4.78, 5) is 41.7. The number of aliphatic carboxylic acids is 1. The van der Waals surface area contributed by atoms with Gasteiger partial charge in [0.25, 0.3) is 5.56 Å². The number of likely N-dealkylation sites (N-methyl/N-ethyl adjacent to an activating group) is 1. The molecule has 6 rings (SSSR count). The summed E-state index contributed by atoms with van der Waals surface area (Å²) < 4.78 is 1.99. The predicted molar refractivity (Wildman–Crippen MR) is 178 cm³/mol. The van der Waals surface area contributed by atoms with Gasteiger partial charge in [0, 0.05) is 37.1 Å². The zero-order valence-electron chi connectivity index (χ0n) is 27.6. The maximum Gasteiger partial charge on any atom is 0.303 e. The van der Waals surface area contributed by atoms with Crippen molar-refractivity contribution in [2.24, 2.45) is 22.9 Å². The van der Waals surface area contributed by atoms with E-state index in [1.54, 1.807) is 0 Å². The lowest BCUT2D eigenvalue weighted by Gasteiger charge is -2.55. The Balaban J connectivity index is 1.30. The molecule has 1 aromatic carbocycles. The molecular formula is C36H53N5O4. The van der Waals surface area contributed by atoms with Crippen molar-refractivity contribution in [3.63, 3.8) is 0 Å². The number of benzene rings is 1. The minimum Gasteiger partial charge on any atom is -0.481 e. The number of rotatable bonds is 12. The second-order valence-corrected chi connectivity index (χ2v) is 14.4. The lowest BCUT2D eigenvalue weighted by atomic mass is 9.65. The molecular weight excluding hydrogens is 566 g/mol. The monoisotopic (exact) mass is 619 g/mol. The first-order valence-corrected chi connectivity index (χ1v) is 17.8. The van der Waals surface area contributed by atoms with Crippen molar-refractivity contribution in [2.45, 2.75) is 122 Å². The third-order valence-corrected chi connectivity index (χ3v) is 11.4. The zero-order chi connectivity index (χ0) is 31.5. The minimum absolute atomic E-state index is 0.0723. The van der Waals surface area contributed by atoms with Crippen LogP contribution in [0.2, 0.25) is 0 Å². The average Bonchev–Trinajstić information content (AvgIpc) is 3.01. The molecule has 9 heteroatoms. The Hall–Kier alpha value is -2.78. The number of fused-ring (bicyclic) bond motifs is 5. The van der Waals surface area contributed by atoms with Gasteiger partial charge in [0.1, 0.15) is 12.3 Å². The Morgan fingerprint density at radius 2 is 1.64 bits per heavy atom. The Kier molecular flexibility index (Phi) is 10.2. The number of oxime groups is 1. The van der Waals surface area contributed by atoms with Crippen LogP contribution in [0.25, 0.3) is 11.0 Å². The molecule has 45 heavy (non-hydrogen) atoms. The number of carbonyl (C=O) groups is 1. The molecule has 9 nitrogen and oxygen atoms in total. The van der Waals surface area contributed by atoms with Gasteiger partial charge in [-0.25, -0.2) is 4.98 Å². The average molecular weight is 620 g/mol. The van der Waals surface area contributed by atoms with Crippen LogP contribution in [0, 0.1) is 17.8 Å². The number of hydrogen-bond donors (Lipinski definition) is 1. The molecule has 1 N–H and O–H groups in total. The maximum absolute atomic E-state index is 14.5. The Morgan fingerprint density at radius 1 is 0.956 bits per heavy atom. The molecule has 2 aromatic rings. The summed E-state index contributed by atoms with van der Waals surface area (Å²) in [6, 6.07) is 9.62. The highest BCUT2D eigenvalue weighted by Gasteiger charge is 2.46. The van der Waals surface area contributed by atoms with Crippen LogP contribution in [0.3, 0.4) is 0 Å².